The number of anilines is 2. The Balaban J connectivity index is 1.49. The van der Waals surface area contributed by atoms with E-state index in [0.29, 0.717) is 10.6 Å². The number of piperazine rings is 1. The topological polar surface area (TPSA) is 48.5 Å². The van der Waals surface area contributed by atoms with E-state index in [1.165, 1.54) is 23.0 Å². The lowest BCUT2D eigenvalue weighted by molar-refractivity contribution is 0.102. The molecule has 1 aliphatic heterocycles. The van der Waals surface area contributed by atoms with Crippen LogP contribution in [0.25, 0.3) is 0 Å². The number of aromatic nitrogens is 1. The number of hydrogen-bond acceptors (Lipinski definition) is 5. The molecule has 1 saturated heterocycles. The van der Waals surface area contributed by atoms with Crippen molar-refractivity contribution in [3.05, 3.63) is 78.0 Å². The summed E-state index contributed by atoms with van der Waals surface area (Å²) in [6.45, 7) is 6.29. The molecule has 0 atom stereocenters. The van der Waals surface area contributed by atoms with Gasteiger partial charge in [0.25, 0.3) is 5.91 Å². The highest BCUT2D eigenvalue weighted by Crippen LogP contribution is 2.29. The van der Waals surface area contributed by atoms with Crippen LogP contribution < -0.4 is 10.2 Å². The molecule has 1 N–H and O–H groups in total. The SMILES string of the molecule is Cc1cc(NC(=O)c2cccnc2Sc2ccccc2)ccc1N1CCN(C)CC1. The van der Waals surface area contributed by atoms with E-state index in [4.69, 9.17) is 0 Å². The fraction of sp³-hybridized carbons (Fsp3) is 0.250. The number of carbonyl (C=O) groups is 1. The smallest absolute Gasteiger partial charge is 0.258 e. The minimum absolute atomic E-state index is 0.145. The molecule has 0 unspecified atom stereocenters. The van der Waals surface area contributed by atoms with Crippen LogP contribution in [0.15, 0.2) is 76.8 Å². The van der Waals surface area contributed by atoms with Crippen molar-refractivity contribution in [3.8, 4) is 0 Å². The van der Waals surface area contributed by atoms with E-state index in [2.05, 4.69) is 40.1 Å². The molecule has 0 spiro atoms. The van der Waals surface area contributed by atoms with Crippen LogP contribution in [0, 0.1) is 6.92 Å². The molecule has 3 aromatic rings. The van der Waals surface area contributed by atoms with Crippen LogP contribution in [-0.4, -0.2) is 49.0 Å². The first-order valence-electron chi connectivity index (χ1n) is 10.1. The van der Waals surface area contributed by atoms with E-state index in [1.807, 2.05) is 48.5 Å². The Kier molecular flexibility index (Phi) is 6.35. The van der Waals surface area contributed by atoms with Gasteiger partial charge in [-0.15, -0.1) is 0 Å². The monoisotopic (exact) mass is 418 g/mol. The Labute approximate surface area is 182 Å². The maximum absolute atomic E-state index is 13.0. The highest BCUT2D eigenvalue weighted by Gasteiger charge is 2.17. The summed E-state index contributed by atoms with van der Waals surface area (Å²) in [4.78, 5) is 23.2. The third kappa shape index (κ3) is 4.83. The average Bonchev–Trinajstić information content (AvgIpc) is 2.76. The zero-order chi connectivity index (χ0) is 20.9. The maximum Gasteiger partial charge on any atom is 0.258 e. The van der Waals surface area contributed by atoms with Gasteiger partial charge in [-0.05, 0) is 62.0 Å². The van der Waals surface area contributed by atoms with Gasteiger partial charge in [-0.1, -0.05) is 30.0 Å². The molecule has 1 fully saturated rings. The standard InChI is InChI=1S/C24H26N4OS/c1-18-17-19(10-11-22(18)28-15-13-27(2)14-16-28)26-23(29)21-9-6-12-25-24(21)30-20-7-4-3-5-8-20/h3-12,17H,13-16H2,1-2H3,(H,26,29). The van der Waals surface area contributed by atoms with Crippen LogP contribution in [0.4, 0.5) is 11.4 Å². The molecule has 0 aliphatic carbocycles. The number of benzene rings is 2. The molecule has 0 radical (unpaired) electrons. The third-order valence-corrected chi connectivity index (χ3v) is 6.30. The molecule has 5 nitrogen and oxygen atoms in total. The van der Waals surface area contributed by atoms with Crippen molar-refractivity contribution in [2.45, 2.75) is 16.8 Å². The predicted molar refractivity (Wildman–Crippen MR) is 124 cm³/mol. The van der Waals surface area contributed by atoms with Crippen LogP contribution in [0.5, 0.6) is 0 Å². The van der Waals surface area contributed by atoms with Crippen LogP contribution in [-0.2, 0) is 0 Å². The first-order chi connectivity index (χ1) is 14.6. The first-order valence-corrected chi connectivity index (χ1v) is 11.0. The number of amides is 1. The number of carbonyl (C=O) groups excluding carboxylic acids is 1. The maximum atomic E-state index is 13.0. The van der Waals surface area contributed by atoms with E-state index >= 15 is 0 Å². The van der Waals surface area contributed by atoms with Crippen LogP contribution in [0.3, 0.4) is 0 Å². The lowest BCUT2D eigenvalue weighted by Gasteiger charge is -2.35. The number of rotatable bonds is 5. The van der Waals surface area contributed by atoms with E-state index in [0.717, 1.165) is 36.8 Å². The van der Waals surface area contributed by atoms with Crippen LogP contribution in [0.2, 0.25) is 0 Å². The highest BCUT2D eigenvalue weighted by atomic mass is 32.2. The summed E-state index contributed by atoms with van der Waals surface area (Å²) in [5.74, 6) is -0.145. The lowest BCUT2D eigenvalue weighted by Crippen LogP contribution is -2.44. The van der Waals surface area contributed by atoms with E-state index in [-0.39, 0.29) is 5.91 Å². The molecule has 1 aliphatic rings. The van der Waals surface area contributed by atoms with Crippen molar-refractivity contribution in [1.82, 2.24) is 9.88 Å². The summed E-state index contributed by atoms with van der Waals surface area (Å²) < 4.78 is 0. The number of nitrogens with one attached hydrogen (secondary N) is 1. The Morgan fingerprint density at radius 3 is 2.50 bits per heavy atom. The zero-order valence-electron chi connectivity index (χ0n) is 17.3. The number of nitrogens with zero attached hydrogens (tertiary/aromatic N) is 3. The lowest BCUT2D eigenvalue weighted by atomic mass is 10.1. The molecular weight excluding hydrogens is 392 g/mol. The summed E-state index contributed by atoms with van der Waals surface area (Å²) in [6.07, 6.45) is 1.72. The van der Waals surface area contributed by atoms with Crippen molar-refractivity contribution in [3.63, 3.8) is 0 Å². The molecule has 0 bridgehead atoms. The Morgan fingerprint density at radius 1 is 1.00 bits per heavy atom. The highest BCUT2D eigenvalue weighted by molar-refractivity contribution is 7.99. The fourth-order valence-electron chi connectivity index (χ4n) is 3.58. The van der Waals surface area contributed by atoms with Crippen molar-refractivity contribution < 1.29 is 4.79 Å². The molecule has 1 amide bonds. The molecule has 1 aromatic heterocycles. The van der Waals surface area contributed by atoms with Gasteiger partial charge in [0.2, 0.25) is 0 Å². The second kappa shape index (κ2) is 9.32. The van der Waals surface area contributed by atoms with Gasteiger partial charge in [-0.2, -0.15) is 0 Å². The van der Waals surface area contributed by atoms with Gasteiger partial charge in [0.05, 0.1) is 5.56 Å². The molecule has 2 heterocycles. The normalized spacial score (nSPS) is 14.5. The zero-order valence-corrected chi connectivity index (χ0v) is 18.2. The second-order valence-corrected chi connectivity index (χ2v) is 8.58. The minimum atomic E-state index is -0.145. The molecular formula is C24H26N4OS. The molecule has 30 heavy (non-hydrogen) atoms. The fourth-order valence-corrected chi connectivity index (χ4v) is 4.48. The summed E-state index contributed by atoms with van der Waals surface area (Å²) in [5.41, 5.74) is 3.78. The largest absolute Gasteiger partial charge is 0.369 e. The average molecular weight is 419 g/mol. The van der Waals surface area contributed by atoms with Crippen molar-refractivity contribution in [1.29, 1.82) is 0 Å². The number of hydrogen-bond donors (Lipinski definition) is 1. The Morgan fingerprint density at radius 2 is 1.77 bits per heavy atom. The summed E-state index contributed by atoms with van der Waals surface area (Å²) in [7, 11) is 2.16. The Hall–Kier alpha value is -2.83. The Bertz CT molecular complexity index is 1020. The van der Waals surface area contributed by atoms with Gasteiger partial charge in [0.1, 0.15) is 5.03 Å². The van der Waals surface area contributed by atoms with Crippen molar-refractivity contribution in [2.24, 2.45) is 0 Å². The van der Waals surface area contributed by atoms with E-state index < -0.39 is 0 Å². The first kappa shape index (κ1) is 20.4. The molecule has 4 rings (SSSR count). The summed E-state index contributed by atoms with van der Waals surface area (Å²) in [6, 6.07) is 19.7. The van der Waals surface area contributed by atoms with E-state index in [9.17, 15) is 4.79 Å². The van der Waals surface area contributed by atoms with Gasteiger partial charge < -0.3 is 15.1 Å². The van der Waals surface area contributed by atoms with Crippen molar-refractivity contribution >= 4 is 29.0 Å². The number of pyridine rings is 1. The van der Waals surface area contributed by atoms with Crippen molar-refractivity contribution in [2.75, 3.05) is 43.4 Å². The van der Waals surface area contributed by atoms with Crippen LogP contribution >= 0.6 is 11.8 Å². The van der Waals surface area contributed by atoms with Gasteiger partial charge in [-0.3, -0.25) is 4.79 Å². The molecule has 6 heteroatoms. The second-order valence-electron chi connectivity index (χ2n) is 7.52. The summed E-state index contributed by atoms with van der Waals surface area (Å²) >= 11 is 1.50. The quantitative estimate of drug-likeness (QED) is 0.659. The van der Waals surface area contributed by atoms with Gasteiger partial charge in [0, 0.05) is 48.6 Å². The third-order valence-electron chi connectivity index (χ3n) is 5.27. The predicted octanol–water partition coefficient (Wildman–Crippen LogP) is 4.55. The van der Waals surface area contributed by atoms with Gasteiger partial charge in [0.15, 0.2) is 0 Å². The number of aryl methyl sites for hydroxylation is 1. The molecule has 2 aromatic carbocycles. The van der Waals surface area contributed by atoms with E-state index in [1.54, 1.807) is 12.3 Å². The van der Waals surface area contributed by atoms with Gasteiger partial charge >= 0.3 is 0 Å². The van der Waals surface area contributed by atoms with Gasteiger partial charge in [-0.25, -0.2) is 4.98 Å². The summed E-state index contributed by atoms with van der Waals surface area (Å²) in [5, 5.41) is 3.74. The van der Waals surface area contributed by atoms with Crippen LogP contribution in [0.1, 0.15) is 15.9 Å². The number of likely N-dealkylation sites (N-methyl/N-ethyl adjacent to an activating group) is 1. The minimum Gasteiger partial charge on any atom is -0.369 e. The molecule has 154 valence electrons. The molecule has 0 saturated carbocycles.